The van der Waals surface area contributed by atoms with E-state index >= 15 is 0 Å². The van der Waals surface area contributed by atoms with E-state index in [1.807, 2.05) is 55.5 Å². The molecule has 0 unspecified atom stereocenters. The van der Waals surface area contributed by atoms with Crippen LogP contribution in [0.15, 0.2) is 70.3 Å². The Morgan fingerprint density at radius 3 is 2.55 bits per heavy atom. The molecule has 144 valence electrons. The van der Waals surface area contributed by atoms with E-state index in [9.17, 15) is 4.79 Å². The van der Waals surface area contributed by atoms with Crippen LogP contribution >= 0.6 is 23.2 Å². The molecule has 0 fully saturated rings. The lowest BCUT2D eigenvalue weighted by Gasteiger charge is -2.02. The second-order valence-corrected chi connectivity index (χ2v) is 7.02. The Morgan fingerprint density at radius 2 is 1.79 bits per heavy atom. The quantitative estimate of drug-likeness (QED) is 0.499. The number of hydrogen-bond donors (Lipinski definition) is 1. The number of aromatic nitrogens is 2. The number of benzene rings is 2. The molecule has 0 radical (unpaired) electrons. The van der Waals surface area contributed by atoms with Gasteiger partial charge in [0.2, 0.25) is 0 Å². The number of nitrogens with zero attached hydrogens (tertiary/aromatic N) is 4. The van der Waals surface area contributed by atoms with E-state index in [0.29, 0.717) is 27.0 Å². The zero-order chi connectivity index (χ0) is 20.4. The Labute approximate surface area is 177 Å². The molecular formula is C21H15Cl2N5O. The third-order valence-corrected chi connectivity index (χ3v) is 5.03. The van der Waals surface area contributed by atoms with Gasteiger partial charge < -0.3 is 0 Å². The van der Waals surface area contributed by atoms with Gasteiger partial charge in [-0.15, -0.1) is 0 Å². The number of rotatable bonds is 3. The van der Waals surface area contributed by atoms with Crippen molar-refractivity contribution < 1.29 is 4.79 Å². The number of aryl methyl sites for hydroxylation is 1. The first kappa shape index (κ1) is 19.1. The Kier molecular flexibility index (Phi) is 5.29. The molecule has 8 heteroatoms. The molecule has 4 rings (SSSR count). The van der Waals surface area contributed by atoms with Gasteiger partial charge in [0.25, 0.3) is 5.91 Å². The lowest BCUT2D eigenvalue weighted by atomic mass is 10.1. The first-order chi connectivity index (χ1) is 14.0. The van der Waals surface area contributed by atoms with E-state index in [2.05, 4.69) is 20.6 Å². The highest BCUT2D eigenvalue weighted by atomic mass is 35.5. The van der Waals surface area contributed by atoms with E-state index in [-0.39, 0.29) is 11.7 Å². The fourth-order valence-electron chi connectivity index (χ4n) is 2.82. The van der Waals surface area contributed by atoms with Crippen molar-refractivity contribution in [1.82, 2.24) is 15.2 Å². The van der Waals surface area contributed by atoms with Crippen LogP contribution in [0, 0.1) is 6.92 Å². The Bertz CT molecular complexity index is 1180. The number of aliphatic imine (C=N–C) groups is 1. The van der Waals surface area contributed by atoms with Gasteiger partial charge in [-0.3, -0.25) is 4.79 Å². The van der Waals surface area contributed by atoms with Gasteiger partial charge in [0, 0.05) is 22.4 Å². The number of nitrogens with one attached hydrogen (secondary N) is 1. The SMILES string of the molecule is Cc1nn(-c2ccccc2)c(Cl)c1/C=C1\C(=O)NN=C1N=Cc1ccccc1Cl. The van der Waals surface area contributed by atoms with Gasteiger partial charge in [-0.25, -0.2) is 15.1 Å². The minimum absolute atomic E-state index is 0.248. The van der Waals surface area contributed by atoms with Gasteiger partial charge >= 0.3 is 0 Å². The van der Waals surface area contributed by atoms with E-state index in [1.54, 1.807) is 23.0 Å². The average molecular weight is 424 g/mol. The van der Waals surface area contributed by atoms with Crippen LogP contribution in [0.5, 0.6) is 0 Å². The third-order valence-electron chi connectivity index (χ3n) is 4.32. The van der Waals surface area contributed by atoms with Crippen molar-refractivity contribution in [2.45, 2.75) is 6.92 Å². The number of carbonyl (C=O) groups excluding carboxylic acids is 1. The maximum absolute atomic E-state index is 12.3. The normalized spacial score (nSPS) is 15.2. The number of hydrazone groups is 1. The second kappa shape index (κ2) is 8.03. The largest absolute Gasteiger partial charge is 0.275 e. The maximum Gasteiger partial charge on any atom is 0.275 e. The fourth-order valence-corrected chi connectivity index (χ4v) is 3.34. The summed E-state index contributed by atoms with van der Waals surface area (Å²) in [6.45, 7) is 1.83. The van der Waals surface area contributed by atoms with Crippen molar-refractivity contribution >= 4 is 47.2 Å². The van der Waals surface area contributed by atoms with Crippen LogP contribution in [0.4, 0.5) is 0 Å². The number of carbonyl (C=O) groups is 1. The summed E-state index contributed by atoms with van der Waals surface area (Å²) < 4.78 is 1.62. The topological polar surface area (TPSA) is 71.6 Å². The molecule has 0 bridgehead atoms. The number of hydrogen-bond acceptors (Lipinski definition) is 4. The lowest BCUT2D eigenvalue weighted by molar-refractivity contribution is -0.116. The molecule has 2 aromatic carbocycles. The van der Waals surface area contributed by atoms with Crippen molar-refractivity contribution in [1.29, 1.82) is 0 Å². The summed E-state index contributed by atoms with van der Waals surface area (Å²) >= 11 is 12.7. The average Bonchev–Trinajstić information content (AvgIpc) is 3.22. The Morgan fingerprint density at radius 1 is 1.07 bits per heavy atom. The number of amidine groups is 1. The van der Waals surface area contributed by atoms with Crippen LogP contribution in [-0.2, 0) is 4.79 Å². The highest BCUT2D eigenvalue weighted by Crippen LogP contribution is 2.27. The molecule has 6 nitrogen and oxygen atoms in total. The summed E-state index contributed by atoms with van der Waals surface area (Å²) in [5, 5.41) is 9.45. The molecule has 1 aliphatic heterocycles. The Balaban J connectivity index is 1.70. The minimum atomic E-state index is -0.362. The van der Waals surface area contributed by atoms with Crippen molar-refractivity contribution in [2.24, 2.45) is 10.1 Å². The molecule has 1 aromatic heterocycles. The van der Waals surface area contributed by atoms with Crippen molar-refractivity contribution in [2.75, 3.05) is 0 Å². The number of para-hydroxylation sites is 1. The first-order valence-corrected chi connectivity index (χ1v) is 9.49. The summed E-state index contributed by atoms with van der Waals surface area (Å²) in [5.41, 5.74) is 5.59. The maximum atomic E-state index is 12.3. The summed E-state index contributed by atoms with van der Waals surface area (Å²) in [4.78, 5) is 16.6. The molecular weight excluding hydrogens is 409 g/mol. The van der Waals surface area contributed by atoms with Crippen LogP contribution < -0.4 is 5.43 Å². The van der Waals surface area contributed by atoms with E-state index in [0.717, 1.165) is 11.3 Å². The lowest BCUT2D eigenvalue weighted by Crippen LogP contribution is -2.12. The summed E-state index contributed by atoms with van der Waals surface area (Å²) in [6.07, 6.45) is 3.21. The predicted octanol–water partition coefficient (Wildman–Crippen LogP) is 4.43. The molecule has 1 amide bonds. The third kappa shape index (κ3) is 3.85. The number of halogens is 2. The summed E-state index contributed by atoms with van der Waals surface area (Å²) in [7, 11) is 0. The van der Waals surface area contributed by atoms with Crippen LogP contribution in [0.1, 0.15) is 16.8 Å². The molecule has 3 aromatic rings. The van der Waals surface area contributed by atoms with Crippen LogP contribution in [0.3, 0.4) is 0 Å². The predicted molar refractivity (Wildman–Crippen MR) is 116 cm³/mol. The molecule has 0 saturated heterocycles. The van der Waals surface area contributed by atoms with Gasteiger partial charge in [-0.05, 0) is 31.2 Å². The van der Waals surface area contributed by atoms with Crippen molar-refractivity contribution in [3.05, 3.63) is 87.2 Å². The summed E-state index contributed by atoms with van der Waals surface area (Å²) in [6, 6.07) is 16.8. The minimum Gasteiger partial charge on any atom is -0.267 e. The molecule has 0 aliphatic carbocycles. The zero-order valence-electron chi connectivity index (χ0n) is 15.3. The smallest absolute Gasteiger partial charge is 0.267 e. The fraction of sp³-hybridized carbons (Fsp3) is 0.0476. The van der Waals surface area contributed by atoms with Gasteiger partial charge in [0.15, 0.2) is 5.84 Å². The van der Waals surface area contributed by atoms with Gasteiger partial charge in [-0.1, -0.05) is 59.6 Å². The highest BCUT2D eigenvalue weighted by Gasteiger charge is 2.24. The zero-order valence-corrected chi connectivity index (χ0v) is 16.8. The van der Waals surface area contributed by atoms with Gasteiger partial charge in [0.05, 0.1) is 17.0 Å². The van der Waals surface area contributed by atoms with Gasteiger partial charge in [-0.2, -0.15) is 10.2 Å². The standard InChI is InChI=1S/C21H15Cl2N5O/c1-13-16(19(23)28(27-13)15-8-3-2-4-9-15)11-17-20(25-26-21(17)29)24-12-14-7-5-6-10-18(14)22/h2-12H,1H3,(H,26,29)/b17-11-,24-12?. The molecule has 0 spiro atoms. The molecule has 1 N–H and O–H groups in total. The molecule has 2 heterocycles. The molecule has 29 heavy (non-hydrogen) atoms. The van der Waals surface area contributed by atoms with Crippen LogP contribution in [-0.4, -0.2) is 27.7 Å². The monoisotopic (exact) mass is 423 g/mol. The van der Waals surface area contributed by atoms with E-state index < -0.39 is 0 Å². The molecule has 0 saturated carbocycles. The van der Waals surface area contributed by atoms with E-state index in [4.69, 9.17) is 23.2 Å². The molecule has 0 atom stereocenters. The molecule has 1 aliphatic rings. The van der Waals surface area contributed by atoms with E-state index in [1.165, 1.54) is 0 Å². The van der Waals surface area contributed by atoms with Gasteiger partial charge in [0.1, 0.15) is 5.15 Å². The van der Waals surface area contributed by atoms with Crippen LogP contribution in [0.25, 0.3) is 11.8 Å². The summed E-state index contributed by atoms with van der Waals surface area (Å²) in [5.74, 6) is -0.114. The van der Waals surface area contributed by atoms with Crippen molar-refractivity contribution in [3.63, 3.8) is 0 Å². The van der Waals surface area contributed by atoms with Crippen molar-refractivity contribution in [3.8, 4) is 5.69 Å². The number of amides is 1. The Hall–Kier alpha value is -3.22. The van der Waals surface area contributed by atoms with Crippen LogP contribution in [0.2, 0.25) is 10.2 Å². The second-order valence-electron chi connectivity index (χ2n) is 6.25. The highest BCUT2D eigenvalue weighted by molar-refractivity contribution is 6.34. The first-order valence-electron chi connectivity index (χ1n) is 8.74.